The van der Waals surface area contributed by atoms with E-state index in [-0.39, 0.29) is 0 Å². The lowest BCUT2D eigenvalue weighted by Crippen LogP contribution is -2.04. The maximum atomic E-state index is 8.69. The molecule has 0 aliphatic heterocycles. The van der Waals surface area contributed by atoms with Crippen LogP contribution in [0.2, 0.25) is 0 Å². The molecule has 0 heterocycles. The van der Waals surface area contributed by atoms with Crippen molar-refractivity contribution in [3.05, 3.63) is 59.7 Å². The zero-order valence-corrected chi connectivity index (χ0v) is 11.5. The van der Waals surface area contributed by atoms with Crippen LogP contribution in [0.5, 0.6) is 11.5 Å². The van der Waals surface area contributed by atoms with E-state index in [1.165, 1.54) is 5.56 Å². The highest BCUT2D eigenvalue weighted by atomic mass is 16.5. The molecule has 20 heavy (non-hydrogen) atoms. The van der Waals surface area contributed by atoms with E-state index >= 15 is 0 Å². The van der Waals surface area contributed by atoms with Crippen LogP contribution < -0.4 is 9.47 Å². The molecule has 0 aliphatic rings. The number of nitrogens with zero attached hydrogens (tertiary/aromatic N) is 1. The number of aryl methyl sites for hydroxylation is 1. The van der Waals surface area contributed by atoms with Crippen molar-refractivity contribution in [3.8, 4) is 17.6 Å². The summed E-state index contributed by atoms with van der Waals surface area (Å²) in [5, 5.41) is 8.69. The van der Waals surface area contributed by atoms with Crippen LogP contribution in [0.15, 0.2) is 48.5 Å². The van der Waals surface area contributed by atoms with Crippen LogP contribution in [0.1, 0.15) is 17.5 Å². The molecule has 3 nitrogen and oxygen atoms in total. The van der Waals surface area contributed by atoms with Crippen LogP contribution >= 0.6 is 0 Å². The predicted molar refractivity (Wildman–Crippen MR) is 77.9 cm³/mol. The largest absolute Gasteiger partial charge is 0.493 e. The summed E-state index contributed by atoms with van der Waals surface area (Å²) in [7, 11) is 0. The van der Waals surface area contributed by atoms with Crippen LogP contribution in [-0.4, -0.2) is 13.2 Å². The van der Waals surface area contributed by atoms with Gasteiger partial charge < -0.3 is 9.47 Å². The lowest BCUT2D eigenvalue weighted by molar-refractivity contribution is 0.247. The standard InChI is InChI=1S/C17H17NO2/c1-14-3-7-16(8-4-14)19-11-2-12-20-17-9-5-15(13-18)6-10-17/h3-10H,2,11-12H2,1H3. The number of rotatable bonds is 6. The Morgan fingerprint density at radius 2 is 1.35 bits per heavy atom. The fraction of sp³-hybridized carbons (Fsp3) is 0.235. The highest BCUT2D eigenvalue weighted by Gasteiger charge is 1.96. The van der Waals surface area contributed by atoms with E-state index < -0.39 is 0 Å². The molecule has 2 rings (SSSR count). The van der Waals surface area contributed by atoms with Crippen molar-refractivity contribution in [2.45, 2.75) is 13.3 Å². The second-order valence-electron chi connectivity index (χ2n) is 4.50. The van der Waals surface area contributed by atoms with E-state index in [4.69, 9.17) is 14.7 Å². The average Bonchev–Trinajstić information content (AvgIpc) is 2.49. The minimum Gasteiger partial charge on any atom is -0.493 e. The first-order valence-electron chi connectivity index (χ1n) is 6.60. The van der Waals surface area contributed by atoms with Gasteiger partial charge in [-0.1, -0.05) is 17.7 Å². The summed E-state index contributed by atoms with van der Waals surface area (Å²) in [4.78, 5) is 0. The quantitative estimate of drug-likeness (QED) is 0.749. The SMILES string of the molecule is Cc1ccc(OCCCOc2ccc(C#N)cc2)cc1. The van der Waals surface area contributed by atoms with E-state index in [1.54, 1.807) is 24.3 Å². The van der Waals surface area contributed by atoms with E-state index in [9.17, 15) is 0 Å². The van der Waals surface area contributed by atoms with Crippen molar-refractivity contribution in [1.82, 2.24) is 0 Å². The molecule has 102 valence electrons. The van der Waals surface area contributed by atoms with E-state index in [0.717, 1.165) is 17.9 Å². The van der Waals surface area contributed by atoms with Crippen LogP contribution in [0.25, 0.3) is 0 Å². The molecule has 0 saturated carbocycles. The number of hydrogen-bond acceptors (Lipinski definition) is 3. The van der Waals surface area contributed by atoms with Crippen LogP contribution in [0.4, 0.5) is 0 Å². The Morgan fingerprint density at radius 1 is 0.850 bits per heavy atom. The lowest BCUT2D eigenvalue weighted by atomic mass is 10.2. The van der Waals surface area contributed by atoms with Gasteiger partial charge in [0.25, 0.3) is 0 Å². The second-order valence-corrected chi connectivity index (χ2v) is 4.50. The van der Waals surface area contributed by atoms with Gasteiger partial charge in [0.05, 0.1) is 24.8 Å². The van der Waals surface area contributed by atoms with Crippen LogP contribution in [0.3, 0.4) is 0 Å². The molecule has 0 aliphatic carbocycles. The fourth-order valence-corrected chi connectivity index (χ4v) is 1.70. The zero-order chi connectivity index (χ0) is 14.2. The van der Waals surface area contributed by atoms with Gasteiger partial charge in [-0.05, 0) is 43.3 Å². The Kier molecular flexibility index (Phi) is 5.02. The minimum absolute atomic E-state index is 0.595. The Bertz CT molecular complexity index is 567. The molecule has 0 N–H and O–H groups in total. The second kappa shape index (κ2) is 7.20. The summed E-state index contributed by atoms with van der Waals surface area (Å²) in [5.74, 6) is 1.66. The summed E-state index contributed by atoms with van der Waals surface area (Å²) in [6.45, 7) is 3.27. The van der Waals surface area contributed by atoms with Crippen molar-refractivity contribution in [3.63, 3.8) is 0 Å². The lowest BCUT2D eigenvalue weighted by Gasteiger charge is -2.08. The van der Waals surface area contributed by atoms with Gasteiger partial charge in [-0.15, -0.1) is 0 Å². The topological polar surface area (TPSA) is 42.2 Å². The molecule has 0 amide bonds. The van der Waals surface area contributed by atoms with Crippen molar-refractivity contribution in [2.24, 2.45) is 0 Å². The highest BCUT2D eigenvalue weighted by molar-refractivity contribution is 5.34. The maximum Gasteiger partial charge on any atom is 0.119 e. The zero-order valence-electron chi connectivity index (χ0n) is 11.5. The van der Waals surface area contributed by atoms with Gasteiger partial charge in [-0.25, -0.2) is 0 Å². The Balaban J connectivity index is 1.66. The van der Waals surface area contributed by atoms with E-state index in [0.29, 0.717) is 18.8 Å². The molecule has 2 aromatic rings. The molecule has 0 aromatic heterocycles. The Labute approximate surface area is 119 Å². The summed E-state index contributed by atoms with van der Waals surface area (Å²) >= 11 is 0. The van der Waals surface area contributed by atoms with Crippen molar-refractivity contribution < 1.29 is 9.47 Å². The van der Waals surface area contributed by atoms with Crippen molar-refractivity contribution in [2.75, 3.05) is 13.2 Å². The third-order valence-electron chi connectivity index (χ3n) is 2.83. The molecule has 0 spiro atoms. The van der Waals surface area contributed by atoms with E-state index in [2.05, 4.69) is 13.0 Å². The third kappa shape index (κ3) is 4.33. The maximum absolute atomic E-state index is 8.69. The minimum atomic E-state index is 0.595. The molecule has 0 unspecified atom stereocenters. The van der Waals surface area contributed by atoms with E-state index in [1.807, 2.05) is 24.3 Å². The normalized spacial score (nSPS) is 9.80. The Hall–Kier alpha value is -2.47. The third-order valence-corrected chi connectivity index (χ3v) is 2.83. The highest BCUT2D eigenvalue weighted by Crippen LogP contribution is 2.13. The van der Waals surface area contributed by atoms with Gasteiger partial charge in [0.2, 0.25) is 0 Å². The van der Waals surface area contributed by atoms with Crippen LogP contribution in [0, 0.1) is 18.3 Å². The first kappa shape index (κ1) is 14.0. The van der Waals surface area contributed by atoms with Gasteiger partial charge in [0.1, 0.15) is 11.5 Å². The molecular weight excluding hydrogens is 250 g/mol. The summed E-state index contributed by atoms with van der Waals surface area (Å²) in [6.07, 6.45) is 0.813. The molecule has 0 radical (unpaired) electrons. The van der Waals surface area contributed by atoms with Crippen LogP contribution in [-0.2, 0) is 0 Å². The first-order chi connectivity index (χ1) is 9.78. The smallest absolute Gasteiger partial charge is 0.119 e. The number of hydrogen-bond donors (Lipinski definition) is 0. The number of benzene rings is 2. The average molecular weight is 267 g/mol. The first-order valence-corrected chi connectivity index (χ1v) is 6.60. The summed E-state index contributed by atoms with van der Waals surface area (Å²) in [6, 6.07) is 17.2. The molecule has 2 aromatic carbocycles. The summed E-state index contributed by atoms with van der Waals surface area (Å²) in [5.41, 5.74) is 1.86. The fourth-order valence-electron chi connectivity index (χ4n) is 1.70. The molecule has 3 heteroatoms. The molecule has 0 saturated heterocycles. The van der Waals surface area contributed by atoms with Gasteiger partial charge in [0, 0.05) is 6.42 Å². The molecule has 0 bridgehead atoms. The molecule has 0 atom stereocenters. The van der Waals surface area contributed by atoms with Crippen molar-refractivity contribution >= 4 is 0 Å². The predicted octanol–water partition coefficient (Wildman–Crippen LogP) is 3.71. The molecular formula is C17H17NO2. The van der Waals surface area contributed by atoms with Gasteiger partial charge in [-0.3, -0.25) is 0 Å². The van der Waals surface area contributed by atoms with Gasteiger partial charge in [0.15, 0.2) is 0 Å². The monoisotopic (exact) mass is 267 g/mol. The van der Waals surface area contributed by atoms with Gasteiger partial charge in [-0.2, -0.15) is 5.26 Å². The van der Waals surface area contributed by atoms with Gasteiger partial charge >= 0.3 is 0 Å². The van der Waals surface area contributed by atoms with Crippen molar-refractivity contribution in [1.29, 1.82) is 5.26 Å². The number of nitriles is 1. The molecule has 0 fully saturated rings. The summed E-state index contributed by atoms with van der Waals surface area (Å²) < 4.78 is 11.2. The number of ether oxygens (including phenoxy) is 2. The Morgan fingerprint density at radius 3 is 1.85 bits per heavy atom.